The normalized spacial score (nSPS) is 25.6. The number of allylic oxidation sites excluding steroid dienone is 1. The number of rotatable bonds is 6. The van der Waals surface area contributed by atoms with Gasteiger partial charge in [-0.2, -0.15) is 0 Å². The fourth-order valence-electron chi connectivity index (χ4n) is 2.01. The van der Waals surface area contributed by atoms with E-state index in [2.05, 4.69) is 0 Å². The van der Waals surface area contributed by atoms with Crippen LogP contribution in [0.3, 0.4) is 0 Å². The molecule has 92 valence electrons. The Morgan fingerprint density at radius 1 is 1.50 bits per heavy atom. The molecule has 0 saturated heterocycles. The molecule has 0 radical (unpaired) electrons. The largest absolute Gasteiger partial charge is 0.392 e. The van der Waals surface area contributed by atoms with Gasteiger partial charge in [-0.1, -0.05) is 6.08 Å². The summed E-state index contributed by atoms with van der Waals surface area (Å²) in [5.74, 6) is -0.355. The van der Waals surface area contributed by atoms with Crippen molar-refractivity contribution in [2.24, 2.45) is 5.92 Å². The minimum Gasteiger partial charge on any atom is -0.392 e. The first kappa shape index (κ1) is 13.4. The molecule has 0 fully saturated rings. The molecule has 4 nitrogen and oxygen atoms in total. The number of hydrogen-bond acceptors (Lipinski definition) is 4. The van der Waals surface area contributed by atoms with E-state index in [1.54, 1.807) is 0 Å². The van der Waals surface area contributed by atoms with Crippen LogP contribution in [0.2, 0.25) is 0 Å². The molecule has 0 saturated carbocycles. The van der Waals surface area contributed by atoms with E-state index >= 15 is 0 Å². The standard InChI is InChI=1S/C12H20O4/c1-3-15-12(16-4-2)11-9(8-13)6-5-7-10(11)14/h6,8,10-12,14H,3-5,7H2,1-2H3/t10-,11-/m0/s1. The van der Waals surface area contributed by atoms with Crippen molar-refractivity contribution >= 4 is 6.29 Å². The molecule has 1 aliphatic carbocycles. The van der Waals surface area contributed by atoms with E-state index in [0.717, 1.165) is 12.7 Å². The first-order chi connectivity index (χ1) is 7.74. The Balaban J connectivity index is 2.80. The van der Waals surface area contributed by atoms with E-state index in [9.17, 15) is 9.90 Å². The van der Waals surface area contributed by atoms with Crippen molar-refractivity contribution in [3.05, 3.63) is 11.6 Å². The summed E-state index contributed by atoms with van der Waals surface area (Å²) in [6.45, 7) is 4.73. The van der Waals surface area contributed by atoms with Crippen LogP contribution in [0.15, 0.2) is 11.6 Å². The van der Waals surface area contributed by atoms with Gasteiger partial charge in [0.25, 0.3) is 0 Å². The molecule has 0 unspecified atom stereocenters. The van der Waals surface area contributed by atoms with E-state index in [-0.39, 0.29) is 5.92 Å². The van der Waals surface area contributed by atoms with Crippen molar-refractivity contribution in [3.63, 3.8) is 0 Å². The van der Waals surface area contributed by atoms with Crippen LogP contribution in [0.5, 0.6) is 0 Å². The molecule has 1 N–H and O–H groups in total. The molecule has 0 aromatic rings. The topological polar surface area (TPSA) is 55.8 Å². The Morgan fingerprint density at radius 2 is 2.12 bits per heavy atom. The summed E-state index contributed by atoms with van der Waals surface area (Å²) < 4.78 is 10.9. The van der Waals surface area contributed by atoms with Crippen molar-refractivity contribution in [1.82, 2.24) is 0 Å². The molecule has 0 spiro atoms. The summed E-state index contributed by atoms with van der Waals surface area (Å²) in [5.41, 5.74) is 0.589. The Kier molecular flexibility index (Phi) is 5.66. The van der Waals surface area contributed by atoms with Gasteiger partial charge in [0.2, 0.25) is 0 Å². The number of carbonyl (C=O) groups excluding carboxylic acids is 1. The third-order valence-electron chi connectivity index (χ3n) is 2.73. The molecule has 1 aliphatic rings. The lowest BCUT2D eigenvalue weighted by Crippen LogP contribution is -2.39. The van der Waals surface area contributed by atoms with E-state index < -0.39 is 12.4 Å². The fraction of sp³-hybridized carbons (Fsp3) is 0.750. The zero-order valence-electron chi connectivity index (χ0n) is 9.89. The van der Waals surface area contributed by atoms with E-state index in [4.69, 9.17) is 9.47 Å². The Bertz CT molecular complexity index is 243. The van der Waals surface area contributed by atoms with Gasteiger partial charge < -0.3 is 14.6 Å². The highest BCUT2D eigenvalue weighted by Gasteiger charge is 2.34. The minimum atomic E-state index is -0.562. The monoisotopic (exact) mass is 228 g/mol. The van der Waals surface area contributed by atoms with Gasteiger partial charge in [0.15, 0.2) is 6.29 Å². The van der Waals surface area contributed by atoms with E-state index in [0.29, 0.717) is 25.2 Å². The van der Waals surface area contributed by atoms with Crippen LogP contribution < -0.4 is 0 Å². The summed E-state index contributed by atoms with van der Waals surface area (Å²) in [4.78, 5) is 10.9. The minimum absolute atomic E-state index is 0.355. The molecule has 0 aromatic heterocycles. The van der Waals surface area contributed by atoms with Gasteiger partial charge >= 0.3 is 0 Å². The van der Waals surface area contributed by atoms with Crippen LogP contribution in [-0.2, 0) is 14.3 Å². The Morgan fingerprint density at radius 3 is 2.62 bits per heavy atom. The highest BCUT2D eigenvalue weighted by Crippen LogP contribution is 2.29. The van der Waals surface area contributed by atoms with Gasteiger partial charge in [-0.05, 0) is 32.3 Å². The summed E-state index contributed by atoms with van der Waals surface area (Å²) in [6, 6.07) is 0. The van der Waals surface area contributed by atoms with Crippen molar-refractivity contribution < 1.29 is 19.4 Å². The number of aliphatic hydroxyl groups is 1. The Labute approximate surface area is 96.2 Å². The second-order valence-corrected chi connectivity index (χ2v) is 3.77. The van der Waals surface area contributed by atoms with Crippen LogP contribution in [0.25, 0.3) is 0 Å². The van der Waals surface area contributed by atoms with Crippen molar-refractivity contribution in [2.75, 3.05) is 13.2 Å². The predicted octanol–water partition coefficient (Wildman–Crippen LogP) is 1.28. The zero-order chi connectivity index (χ0) is 12.0. The fourth-order valence-corrected chi connectivity index (χ4v) is 2.01. The SMILES string of the molecule is CCOC(OCC)[C@H]1C(C=O)=CCC[C@@H]1O. The van der Waals surface area contributed by atoms with Gasteiger partial charge in [0.1, 0.15) is 6.29 Å². The summed E-state index contributed by atoms with van der Waals surface area (Å²) in [5, 5.41) is 9.93. The quantitative estimate of drug-likeness (QED) is 0.549. The van der Waals surface area contributed by atoms with Gasteiger partial charge in [0.05, 0.1) is 12.0 Å². The highest BCUT2D eigenvalue weighted by atomic mass is 16.7. The van der Waals surface area contributed by atoms with Crippen molar-refractivity contribution in [3.8, 4) is 0 Å². The molecular formula is C12H20O4. The van der Waals surface area contributed by atoms with Gasteiger partial charge in [-0.15, -0.1) is 0 Å². The van der Waals surface area contributed by atoms with E-state index in [1.165, 1.54) is 0 Å². The van der Waals surface area contributed by atoms with Gasteiger partial charge in [-0.3, -0.25) is 4.79 Å². The van der Waals surface area contributed by atoms with Gasteiger partial charge in [0, 0.05) is 13.2 Å². The van der Waals surface area contributed by atoms with Crippen molar-refractivity contribution in [1.29, 1.82) is 0 Å². The third-order valence-corrected chi connectivity index (χ3v) is 2.73. The second kappa shape index (κ2) is 6.78. The van der Waals surface area contributed by atoms with Crippen LogP contribution in [0, 0.1) is 5.92 Å². The Hall–Kier alpha value is -0.710. The molecule has 4 heteroatoms. The summed E-state index contributed by atoms with van der Waals surface area (Å²) in [7, 11) is 0. The molecule has 0 amide bonds. The molecule has 2 atom stereocenters. The lowest BCUT2D eigenvalue weighted by Gasteiger charge is -2.32. The van der Waals surface area contributed by atoms with Gasteiger partial charge in [-0.25, -0.2) is 0 Å². The number of aldehydes is 1. The predicted molar refractivity (Wildman–Crippen MR) is 59.9 cm³/mol. The first-order valence-electron chi connectivity index (χ1n) is 5.81. The van der Waals surface area contributed by atoms with Crippen LogP contribution >= 0.6 is 0 Å². The molecule has 0 aliphatic heterocycles. The van der Waals surface area contributed by atoms with Crippen LogP contribution in [-0.4, -0.2) is 37.0 Å². The molecule has 1 rings (SSSR count). The number of ether oxygens (including phenoxy) is 2. The zero-order valence-corrected chi connectivity index (χ0v) is 9.89. The van der Waals surface area contributed by atoms with Crippen molar-refractivity contribution in [2.45, 2.75) is 39.1 Å². The smallest absolute Gasteiger partial charge is 0.166 e. The molecule has 0 heterocycles. The molecule has 16 heavy (non-hydrogen) atoms. The number of carbonyl (C=O) groups is 1. The highest BCUT2D eigenvalue weighted by molar-refractivity contribution is 5.74. The molecular weight excluding hydrogens is 208 g/mol. The van der Waals surface area contributed by atoms with Crippen LogP contribution in [0.4, 0.5) is 0 Å². The molecule has 0 aromatic carbocycles. The van der Waals surface area contributed by atoms with Crippen LogP contribution in [0.1, 0.15) is 26.7 Å². The number of aliphatic hydroxyl groups excluding tert-OH is 1. The maximum absolute atomic E-state index is 10.9. The first-order valence-corrected chi connectivity index (χ1v) is 5.81. The maximum atomic E-state index is 10.9. The average molecular weight is 228 g/mol. The summed E-state index contributed by atoms with van der Waals surface area (Å²) >= 11 is 0. The number of hydrogen-bond donors (Lipinski definition) is 1. The third kappa shape index (κ3) is 3.14. The van der Waals surface area contributed by atoms with E-state index in [1.807, 2.05) is 19.9 Å². The second-order valence-electron chi connectivity index (χ2n) is 3.77. The summed E-state index contributed by atoms with van der Waals surface area (Å²) in [6.07, 6.45) is 2.94. The lowest BCUT2D eigenvalue weighted by molar-refractivity contribution is -0.179. The lowest BCUT2D eigenvalue weighted by atomic mass is 9.85. The average Bonchev–Trinajstić information content (AvgIpc) is 2.28. The maximum Gasteiger partial charge on any atom is 0.166 e. The molecule has 0 bridgehead atoms.